The standard InChI is InChI=1S/C10H14O2S2.Na.H/c1-2-3-9-13-14(11,12)10-7-5-4-6-8-10;;/h4-8H,2-3,9H2,1H3;;. The minimum atomic E-state index is -3.12. The number of hydrogen-bond donors (Lipinski definition) is 0. The maximum atomic E-state index is 11.7. The SMILES string of the molecule is CCCCSS(=O)(=O)c1ccccc1.[NaH]. The van der Waals surface area contributed by atoms with Crippen molar-refractivity contribution in [2.75, 3.05) is 5.75 Å². The third-order valence-corrected chi connectivity index (χ3v) is 5.39. The van der Waals surface area contributed by atoms with Crippen LogP contribution in [0.15, 0.2) is 35.2 Å². The predicted octanol–water partition coefficient (Wildman–Crippen LogP) is 2.26. The Hall–Kier alpha value is 0.520. The van der Waals surface area contributed by atoms with Gasteiger partial charge >= 0.3 is 29.6 Å². The van der Waals surface area contributed by atoms with Crippen molar-refractivity contribution in [2.24, 2.45) is 0 Å². The molecule has 0 saturated heterocycles. The first-order valence-electron chi connectivity index (χ1n) is 4.61. The molecule has 1 rings (SSSR count). The molecule has 0 spiro atoms. The quantitative estimate of drug-likeness (QED) is 0.459. The molecule has 0 atom stereocenters. The Morgan fingerprint density at radius 3 is 2.33 bits per heavy atom. The first-order valence-corrected chi connectivity index (χ1v) is 7.60. The molecule has 0 aliphatic heterocycles. The fourth-order valence-corrected chi connectivity index (χ4v) is 3.97. The van der Waals surface area contributed by atoms with E-state index in [9.17, 15) is 8.42 Å². The second-order valence-electron chi connectivity index (χ2n) is 2.94. The monoisotopic (exact) mass is 254 g/mol. The van der Waals surface area contributed by atoms with Crippen LogP contribution in [0.5, 0.6) is 0 Å². The molecule has 0 aliphatic rings. The molecule has 15 heavy (non-hydrogen) atoms. The summed E-state index contributed by atoms with van der Waals surface area (Å²) in [4.78, 5) is 0.404. The van der Waals surface area contributed by atoms with Crippen LogP contribution < -0.4 is 0 Å². The number of unbranched alkanes of at least 4 members (excludes halogenated alkanes) is 1. The fourth-order valence-electron chi connectivity index (χ4n) is 0.968. The molecule has 2 nitrogen and oxygen atoms in total. The van der Waals surface area contributed by atoms with E-state index >= 15 is 0 Å². The van der Waals surface area contributed by atoms with Crippen LogP contribution in [0.4, 0.5) is 0 Å². The van der Waals surface area contributed by atoms with Gasteiger partial charge in [0.1, 0.15) is 0 Å². The average molecular weight is 254 g/mol. The first-order chi connectivity index (χ1) is 6.67. The number of hydrogen-bond acceptors (Lipinski definition) is 3. The van der Waals surface area contributed by atoms with Gasteiger partial charge < -0.3 is 0 Å². The summed E-state index contributed by atoms with van der Waals surface area (Å²) < 4.78 is 23.3. The molecule has 0 heterocycles. The summed E-state index contributed by atoms with van der Waals surface area (Å²) in [5.41, 5.74) is 0. The molecular weight excluding hydrogens is 239 g/mol. The van der Waals surface area contributed by atoms with Crippen LogP contribution in [0.3, 0.4) is 0 Å². The van der Waals surface area contributed by atoms with E-state index in [0.717, 1.165) is 23.6 Å². The Kier molecular flexibility index (Phi) is 8.01. The Bertz CT molecular complexity index is 362. The third-order valence-electron chi connectivity index (χ3n) is 1.77. The van der Waals surface area contributed by atoms with Crippen molar-refractivity contribution < 1.29 is 8.42 Å². The van der Waals surface area contributed by atoms with Gasteiger partial charge in [-0.25, -0.2) is 8.42 Å². The van der Waals surface area contributed by atoms with E-state index in [1.54, 1.807) is 24.3 Å². The van der Waals surface area contributed by atoms with Crippen LogP contribution in [-0.4, -0.2) is 43.7 Å². The molecule has 80 valence electrons. The molecule has 0 aromatic heterocycles. The van der Waals surface area contributed by atoms with Crippen LogP contribution in [0, 0.1) is 0 Å². The molecule has 0 N–H and O–H groups in total. The summed E-state index contributed by atoms with van der Waals surface area (Å²) >= 11 is 0. The normalized spacial score (nSPS) is 10.7. The van der Waals surface area contributed by atoms with E-state index in [-0.39, 0.29) is 29.6 Å². The zero-order valence-corrected chi connectivity index (χ0v) is 9.77. The molecule has 0 bridgehead atoms. The van der Waals surface area contributed by atoms with Crippen LogP contribution in [-0.2, 0) is 8.87 Å². The van der Waals surface area contributed by atoms with Gasteiger partial charge in [0.15, 0.2) is 0 Å². The second kappa shape index (κ2) is 7.74. The molecule has 0 saturated carbocycles. The van der Waals surface area contributed by atoms with Gasteiger partial charge in [-0.1, -0.05) is 31.5 Å². The van der Waals surface area contributed by atoms with Crippen molar-refractivity contribution in [1.29, 1.82) is 0 Å². The maximum absolute atomic E-state index is 11.7. The Morgan fingerprint density at radius 2 is 1.80 bits per heavy atom. The van der Waals surface area contributed by atoms with Crippen LogP contribution in [0.1, 0.15) is 19.8 Å². The number of benzene rings is 1. The van der Waals surface area contributed by atoms with Crippen molar-refractivity contribution in [2.45, 2.75) is 24.7 Å². The van der Waals surface area contributed by atoms with Gasteiger partial charge in [0.2, 0.25) is 8.87 Å². The Labute approximate surface area is 117 Å². The molecular formula is C10H15NaO2S2. The second-order valence-corrected chi connectivity index (χ2v) is 6.99. The van der Waals surface area contributed by atoms with Crippen molar-refractivity contribution in [3.05, 3.63) is 30.3 Å². The van der Waals surface area contributed by atoms with E-state index in [4.69, 9.17) is 0 Å². The Morgan fingerprint density at radius 1 is 1.20 bits per heavy atom. The summed E-state index contributed by atoms with van der Waals surface area (Å²) in [6.45, 7) is 2.05. The summed E-state index contributed by atoms with van der Waals surface area (Å²) in [5, 5.41) is 0. The van der Waals surface area contributed by atoms with Crippen molar-refractivity contribution in [1.82, 2.24) is 0 Å². The molecule has 0 unspecified atom stereocenters. The van der Waals surface area contributed by atoms with E-state index in [1.807, 2.05) is 6.07 Å². The van der Waals surface area contributed by atoms with E-state index in [0.29, 0.717) is 10.6 Å². The average Bonchev–Trinajstić information content (AvgIpc) is 2.19. The third kappa shape index (κ3) is 5.41. The van der Waals surface area contributed by atoms with E-state index in [2.05, 4.69) is 6.92 Å². The van der Waals surface area contributed by atoms with Crippen LogP contribution in [0.2, 0.25) is 0 Å². The summed E-state index contributed by atoms with van der Waals surface area (Å²) in [6, 6.07) is 8.57. The van der Waals surface area contributed by atoms with Gasteiger partial charge in [0, 0.05) is 5.75 Å². The number of rotatable bonds is 5. The summed E-state index contributed by atoms with van der Waals surface area (Å²) in [5.74, 6) is 0.674. The molecule has 0 radical (unpaired) electrons. The summed E-state index contributed by atoms with van der Waals surface area (Å²) in [7, 11) is -2.09. The van der Waals surface area contributed by atoms with Crippen LogP contribution >= 0.6 is 10.8 Å². The Balaban J connectivity index is 0.00000196. The van der Waals surface area contributed by atoms with Gasteiger partial charge in [-0.2, -0.15) is 0 Å². The van der Waals surface area contributed by atoms with Gasteiger partial charge in [-0.15, -0.1) is 0 Å². The van der Waals surface area contributed by atoms with Crippen molar-refractivity contribution in [3.8, 4) is 0 Å². The zero-order chi connectivity index (χ0) is 10.4. The topological polar surface area (TPSA) is 34.1 Å². The van der Waals surface area contributed by atoms with Crippen molar-refractivity contribution in [3.63, 3.8) is 0 Å². The van der Waals surface area contributed by atoms with Gasteiger partial charge in [0.05, 0.1) is 4.90 Å². The fraction of sp³-hybridized carbons (Fsp3) is 0.400. The first kappa shape index (κ1) is 15.5. The zero-order valence-electron chi connectivity index (χ0n) is 8.14. The molecule has 1 aromatic rings. The van der Waals surface area contributed by atoms with E-state index in [1.165, 1.54) is 0 Å². The molecule has 0 aliphatic carbocycles. The molecule has 5 heteroatoms. The summed E-state index contributed by atoms with van der Waals surface area (Å²) in [6.07, 6.45) is 1.97. The molecule has 0 fully saturated rings. The molecule has 0 amide bonds. The van der Waals surface area contributed by atoms with Gasteiger partial charge in [0.25, 0.3) is 0 Å². The van der Waals surface area contributed by atoms with Crippen LogP contribution in [0.25, 0.3) is 0 Å². The van der Waals surface area contributed by atoms with E-state index < -0.39 is 8.87 Å². The van der Waals surface area contributed by atoms with Crippen molar-refractivity contribution >= 4 is 49.2 Å². The minimum absolute atomic E-state index is 0. The van der Waals surface area contributed by atoms with Gasteiger partial charge in [-0.05, 0) is 29.3 Å². The van der Waals surface area contributed by atoms with Gasteiger partial charge in [-0.3, -0.25) is 0 Å². The predicted molar refractivity (Wildman–Crippen MR) is 68.1 cm³/mol. The molecule has 1 aromatic carbocycles.